The van der Waals surface area contributed by atoms with Gasteiger partial charge in [0.2, 0.25) is 0 Å². The van der Waals surface area contributed by atoms with Gasteiger partial charge in [-0.1, -0.05) is 124 Å². The fourth-order valence-electron chi connectivity index (χ4n) is 5.59. The normalized spacial score (nSPS) is 25.0. The van der Waals surface area contributed by atoms with Gasteiger partial charge in [0.05, 0.1) is 0 Å². The smallest absolute Gasteiger partial charge is 0.0496 e. The van der Waals surface area contributed by atoms with Gasteiger partial charge in [-0.05, 0) is 73.7 Å². The molecule has 0 amide bonds. The van der Waals surface area contributed by atoms with Gasteiger partial charge in [-0.3, -0.25) is 0 Å². The maximum Gasteiger partial charge on any atom is 0.0496 e. The van der Waals surface area contributed by atoms with E-state index >= 15 is 0 Å². The molecular weight excluding hydrogens is 434 g/mol. The van der Waals surface area contributed by atoms with Gasteiger partial charge in [-0.2, -0.15) is 0 Å². The standard InChI is InChI=1S/C31H34P2/c1-23(2)21-32-30(27-16-10-6-11-17-27)29(26-14-8-5-9-15-26)31(28-18-12-7-13-19-28)20-24(3)25(4)22-33(31)32/h5-19,23H,20-22H2,1-4H3. The van der Waals surface area contributed by atoms with E-state index in [9.17, 15) is 0 Å². The number of benzene rings is 3. The molecule has 0 aliphatic carbocycles. The van der Waals surface area contributed by atoms with Crippen LogP contribution in [0.2, 0.25) is 0 Å². The van der Waals surface area contributed by atoms with Gasteiger partial charge >= 0.3 is 0 Å². The van der Waals surface area contributed by atoms with Crippen molar-refractivity contribution in [3.05, 3.63) is 119 Å². The molecule has 0 N–H and O–H groups in total. The Hall–Kier alpha value is -2.00. The summed E-state index contributed by atoms with van der Waals surface area (Å²) in [5.41, 5.74) is 9.28. The molecule has 0 bridgehead atoms. The van der Waals surface area contributed by atoms with Crippen molar-refractivity contribution < 1.29 is 0 Å². The molecule has 2 heterocycles. The second kappa shape index (κ2) is 9.33. The maximum atomic E-state index is 2.42. The van der Waals surface area contributed by atoms with Crippen molar-refractivity contribution in [1.29, 1.82) is 0 Å². The highest BCUT2D eigenvalue weighted by molar-refractivity contribution is 8.35. The molecular formula is C31H34P2. The van der Waals surface area contributed by atoms with E-state index < -0.39 is 0 Å². The zero-order valence-corrected chi connectivity index (χ0v) is 22.0. The Labute approximate surface area is 202 Å². The third-order valence-electron chi connectivity index (χ3n) is 7.18. The number of fused-ring (bicyclic) bond motifs is 1. The Kier molecular flexibility index (Phi) is 6.44. The topological polar surface area (TPSA) is 0 Å². The molecule has 3 unspecified atom stereocenters. The van der Waals surface area contributed by atoms with Crippen LogP contribution >= 0.6 is 15.2 Å². The summed E-state index contributed by atoms with van der Waals surface area (Å²) in [5.74, 6) is 0.702. The van der Waals surface area contributed by atoms with Crippen molar-refractivity contribution in [1.82, 2.24) is 0 Å². The lowest BCUT2D eigenvalue weighted by Gasteiger charge is -2.45. The molecule has 33 heavy (non-hydrogen) atoms. The largest absolute Gasteiger partial charge is 0.0724 e. The summed E-state index contributed by atoms with van der Waals surface area (Å²) in [6, 6.07) is 34.2. The van der Waals surface area contributed by atoms with Crippen LogP contribution in [0.5, 0.6) is 0 Å². The van der Waals surface area contributed by atoms with Crippen molar-refractivity contribution in [2.45, 2.75) is 39.3 Å². The van der Waals surface area contributed by atoms with E-state index in [0.717, 1.165) is 6.42 Å². The molecule has 2 heteroatoms. The van der Waals surface area contributed by atoms with E-state index in [-0.39, 0.29) is 20.4 Å². The lowest BCUT2D eigenvalue weighted by atomic mass is 9.79. The quantitative estimate of drug-likeness (QED) is 0.258. The van der Waals surface area contributed by atoms with Crippen LogP contribution in [0, 0.1) is 5.92 Å². The number of allylic oxidation sites excluding steroid dienone is 3. The highest BCUT2D eigenvalue weighted by Crippen LogP contribution is 2.93. The summed E-state index contributed by atoms with van der Waals surface area (Å²) in [7, 11) is -0.487. The number of hydrogen-bond donors (Lipinski definition) is 0. The average Bonchev–Trinajstić information content (AvgIpc) is 3.11. The Morgan fingerprint density at radius 1 is 0.727 bits per heavy atom. The molecule has 3 aromatic carbocycles. The minimum Gasteiger partial charge on any atom is -0.0724 e. The summed E-state index contributed by atoms with van der Waals surface area (Å²) < 4.78 is 0. The zero-order chi connectivity index (χ0) is 23.0. The minimum atomic E-state index is -0.252. The number of rotatable bonds is 5. The fraction of sp³-hybridized carbons (Fsp3) is 0.290. The summed E-state index contributed by atoms with van der Waals surface area (Å²) in [6.07, 6.45) is 3.76. The predicted octanol–water partition coefficient (Wildman–Crippen LogP) is 9.74. The SMILES string of the molecule is CC1=C(C)CC2(c3ccccc3)C(c3ccccc3)=C(c3ccccc3)P(CC(C)C)P2C1. The van der Waals surface area contributed by atoms with E-state index in [1.807, 2.05) is 0 Å². The predicted molar refractivity (Wildman–Crippen MR) is 149 cm³/mol. The van der Waals surface area contributed by atoms with Gasteiger partial charge in [0.1, 0.15) is 0 Å². The van der Waals surface area contributed by atoms with E-state index in [2.05, 4.69) is 119 Å². The summed E-state index contributed by atoms with van der Waals surface area (Å²) in [5, 5.41) is 1.79. The van der Waals surface area contributed by atoms with Crippen molar-refractivity contribution in [2.75, 3.05) is 12.3 Å². The lowest BCUT2D eigenvalue weighted by Crippen LogP contribution is -2.28. The Morgan fingerprint density at radius 2 is 1.27 bits per heavy atom. The minimum absolute atomic E-state index is 0.104. The first-order valence-electron chi connectivity index (χ1n) is 12.1. The van der Waals surface area contributed by atoms with Crippen LogP contribution in [0.1, 0.15) is 50.8 Å². The highest BCUT2D eigenvalue weighted by Gasteiger charge is 2.56. The second-order valence-electron chi connectivity index (χ2n) is 9.95. The fourth-order valence-corrected chi connectivity index (χ4v) is 17.1. The van der Waals surface area contributed by atoms with Crippen molar-refractivity contribution in [3.8, 4) is 0 Å². The van der Waals surface area contributed by atoms with Crippen LogP contribution in [0.3, 0.4) is 0 Å². The molecule has 5 rings (SSSR count). The zero-order valence-electron chi connectivity index (χ0n) is 20.3. The Balaban J connectivity index is 1.89. The Bertz CT molecular complexity index is 1180. The summed E-state index contributed by atoms with van der Waals surface area (Å²) in [6.45, 7) is 9.63. The van der Waals surface area contributed by atoms with E-state index in [4.69, 9.17) is 0 Å². The molecule has 0 saturated carbocycles. The third kappa shape index (κ3) is 3.97. The molecule has 3 aromatic rings. The molecule has 0 nitrogen and oxygen atoms in total. The Morgan fingerprint density at radius 3 is 1.85 bits per heavy atom. The molecule has 0 aromatic heterocycles. The van der Waals surface area contributed by atoms with Gasteiger partial charge in [-0.15, -0.1) is 0 Å². The molecule has 3 atom stereocenters. The van der Waals surface area contributed by atoms with Gasteiger partial charge in [-0.25, -0.2) is 0 Å². The van der Waals surface area contributed by atoms with Crippen molar-refractivity contribution in [2.24, 2.45) is 5.92 Å². The highest BCUT2D eigenvalue weighted by atomic mass is 32.1. The van der Waals surface area contributed by atoms with Gasteiger partial charge < -0.3 is 0 Å². The van der Waals surface area contributed by atoms with E-state index in [1.165, 1.54) is 29.0 Å². The van der Waals surface area contributed by atoms with Gasteiger partial charge in [0, 0.05) is 5.16 Å². The van der Waals surface area contributed by atoms with Gasteiger partial charge in [0.25, 0.3) is 0 Å². The molecule has 2 aliphatic rings. The summed E-state index contributed by atoms with van der Waals surface area (Å²) in [4.78, 5) is 0. The summed E-state index contributed by atoms with van der Waals surface area (Å²) >= 11 is 0. The van der Waals surface area contributed by atoms with E-state index in [0.29, 0.717) is 5.92 Å². The molecule has 168 valence electrons. The van der Waals surface area contributed by atoms with Crippen LogP contribution in [0.25, 0.3) is 10.9 Å². The molecule has 0 radical (unpaired) electrons. The first kappa shape index (κ1) is 22.8. The average molecular weight is 469 g/mol. The van der Waals surface area contributed by atoms with Crippen LogP contribution in [-0.2, 0) is 5.16 Å². The molecule has 0 saturated heterocycles. The monoisotopic (exact) mass is 468 g/mol. The third-order valence-corrected chi connectivity index (χ3v) is 16.4. The van der Waals surface area contributed by atoms with Crippen molar-refractivity contribution >= 4 is 26.1 Å². The molecule has 0 fully saturated rings. The second-order valence-corrected chi connectivity index (χ2v) is 16.3. The van der Waals surface area contributed by atoms with Crippen LogP contribution in [-0.4, -0.2) is 12.3 Å². The van der Waals surface area contributed by atoms with Gasteiger partial charge in [0.15, 0.2) is 0 Å². The number of hydrogen-bond acceptors (Lipinski definition) is 0. The van der Waals surface area contributed by atoms with Crippen LogP contribution in [0.4, 0.5) is 0 Å². The first-order valence-corrected chi connectivity index (χ1v) is 15.9. The van der Waals surface area contributed by atoms with Crippen LogP contribution in [0.15, 0.2) is 102 Å². The van der Waals surface area contributed by atoms with Crippen molar-refractivity contribution in [3.63, 3.8) is 0 Å². The van der Waals surface area contributed by atoms with Crippen LogP contribution < -0.4 is 0 Å². The van der Waals surface area contributed by atoms with E-state index in [1.54, 1.807) is 22.0 Å². The first-order chi connectivity index (χ1) is 16.0. The molecule has 2 aliphatic heterocycles. The lowest BCUT2D eigenvalue weighted by molar-refractivity contribution is 0.743. The molecule has 0 spiro atoms. The maximum absolute atomic E-state index is 2.42.